The van der Waals surface area contributed by atoms with Crippen molar-refractivity contribution in [2.45, 2.75) is 13.8 Å². The Morgan fingerprint density at radius 3 is 2.17 bits per heavy atom. The molecule has 0 spiro atoms. The van der Waals surface area contributed by atoms with E-state index in [1.54, 1.807) is 0 Å². The van der Waals surface area contributed by atoms with Crippen LogP contribution in [0.2, 0.25) is 0 Å². The van der Waals surface area contributed by atoms with Crippen LogP contribution in [0.5, 0.6) is 0 Å². The van der Waals surface area contributed by atoms with E-state index in [0.717, 1.165) is 22.4 Å². The lowest BCUT2D eigenvalue weighted by atomic mass is 9.91. The van der Waals surface area contributed by atoms with Crippen LogP contribution >= 0.6 is 0 Å². The van der Waals surface area contributed by atoms with Gasteiger partial charge < -0.3 is 4.90 Å². The minimum atomic E-state index is -0.572. The molecule has 3 heteroatoms. The Hall–Kier alpha value is -2.68. The molecular weight excluding hydrogens is 304 g/mol. The normalized spacial score (nSPS) is 14.9. The number of allylic oxidation sites excluding steroid dienone is 3. The van der Waals surface area contributed by atoms with Gasteiger partial charge in [0.05, 0.1) is 11.3 Å². The first-order valence-electron chi connectivity index (χ1n) is 7.93. The van der Waals surface area contributed by atoms with Crippen LogP contribution in [0.15, 0.2) is 72.5 Å². The van der Waals surface area contributed by atoms with Gasteiger partial charge in [0, 0.05) is 17.8 Å². The Labute approximate surface area is 141 Å². The first-order chi connectivity index (χ1) is 11.5. The molecule has 0 aliphatic carbocycles. The molecule has 0 fully saturated rings. The van der Waals surface area contributed by atoms with Crippen molar-refractivity contribution >= 4 is 11.3 Å². The summed E-state index contributed by atoms with van der Waals surface area (Å²) in [6.45, 7) is 8.57. The van der Waals surface area contributed by atoms with Gasteiger partial charge in [0.1, 0.15) is 11.6 Å². The standard InChI is InChI=1S/C21H19F2N/c1-4-24-15(3)14(2)13-17(16-9-6-5-7-10-16)21(24)20-18(22)11-8-12-19(20)23/h5-13H,3-4H2,1-2H3. The Morgan fingerprint density at radius 2 is 1.58 bits per heavy atom. The summed E-state index contributed by atoms with van der Waals surface area (Å²) < 4.78 is 29.0. The largest absolute Gasteiger partial charge is 0.341 e. The Bertz CT molecular complexity index is 827. The van der Waals surface area contributed by atoms with E-state index in [0.29, 0.717) is 12.2 Å². The van der Waals surface area contributed by atoms with Crippen molar-refractivity contribution in [1.82, 2.24) is 4.90 Å². The molecule has 122 valence electrons. The molecule has 24 heavy (non-hydrogen) atoms. The maximum Gasteiger partial charge on any atom is 0.135 e. The van der Waals surface area contributed by atoms with Gasteiger partial charge in [-0.25, -0.2) is 8.78 Å². The molecule has 0 unspecified atom stereocenters. The number of hydrogen-bond acceptors (Lipinski definition) is 1. The summed E-state index contributed by atoms with van der Waals surface area (Å²) in [5, 5.41) is 0. The molecule has 3 rings (SSSR count). The van der Waals surface area contributed by atoms with Crippen molar-refractivity contribution in [3.8, 4) is 0 Å². The lowest BCUT2D eigenvalue weighted by Gasteiger charge is -2.34. The maximum absolute atomic E-state index is 14.5. The molecule has 1 nitrogen and oxygen atoms in total. The third-order valence-corrected chi connectivity index (χ3v) is 4.27. The van der Waals surface area contributed by atoms with E-state index in [1.807, 2.05) is 55.2 Å². The average molecular weight is 323 g/mol. The highest BCUT2D eigenvalue weighted by Gasteiger charge is 2.27. The highest BCUT2D eigenvalue weighted by Crippen LogP contribution is 2.40. The Kier molecular flexibility index (Phi) is 4.34. The summed E-state index contributed by atoms with van der Waals surface area (Å²) in [6.07, 6.45) is 1.95. The molecule has 0 aromatic heterocycles. The van der Waals surface area contributed by atoms with Crippen molar-refractivity contribution in [3.05, 3.63) is 95.2 Å². The summed E-state index contributed by atoms with van der Waals surface area (Å²) in [5.74, 6) is -1.14. The van der Waals surface area contributed by atoms with Gasteiger partial charge >= 0.3 is 0 Å². The van der Waals surface area contributed by atoms with Crippen molar-refractivity contribution in [1.29, 1.82) is 0 Å². The molecule has 1 aliphatic heterocycles. The van der Waals surface area contributed by atoms with Crippen LogP contribution in [0.3, 0.4) is 0 Å². The van der Waals surface area contributed by atoms with Crippen LogP contribution in [0.25, 0.3) is 11.3 Å². The van der Waals surface area contributed by atoms with Crippen molar-refractivity contribution in [2.24, 2.45) is 0 Å². The number of hydrogen-bond donors (Lipinski definition) is 0. The quantitative estimate of drug-likeness (QED) is 0.707. The molecule has 1 heterocycles. The van der Waals surface area contributed by atoms with Gasteiger partial charge in [-0.05, 0) is 43.2 Å². The first kappa shape index (κ1) is 16.2. The molecule has 0 saturated carbocycles. The summed E-state index contributed by atoms with van der Waals surface area (Å²) in [6, 6.07) is 13.6. The fourth-order valence-corrected chi connectivity index (χ4v) is 3.04. The van der Waals surface area contributed by atoms with Crippen molar-refractivity contribution < 1.29 is 8.78 Å². The predicted octanol–water partition coefficient (Wildman–Crippen LogP) is 5.63. The minimum Gasteiger partial charge on any atom is -0.341 e. The predicted molar refractivity (Wildman–Crippen MR) is 94.9 cm³/mol. The second kappa shape index (κ2) is 6.44. The summed E-state index contributed by atoms with van der Waals surface area (Å²) in [7, 11) is 0. The van der Waals surface area contributed by atoms with E-state index in [1.165, 1.54) is 18.2 Å². The fraction of sp³-hybridized carbons (Fsp3) is 0.143. The van der Waals surface area contributed by atoms with E-state index in [9.17, 15) is 8.78 Å². The lowest BCUT2D eigenvalue weighted by molar-refractivity contribution is 0.504. The maximum atomic E-state index is 14.5. The third-order valence-electron chi connectivity index (χ3n) is 4.27. The molecule has 1 aliphatic rings. The van der Waals surface area contributed by atoms with Gasteiger partial charge in [-0.1, -0.05) is 43.0 Å². The molecule has 2 aromatic carbocycles. The Balaban J connectivity index is 2.37. The van der Waals surface area contributed by atoms with Gasteiger partial charge in [-0.15, -0.1) is 0 Å². The lowest BCUT2D eigenvalue weighted by Crippen LogP contribution is -2.26. The first-order valence-corrected chi connectivity index (χ1v) is 7.93. The monoisotopic (exact) mass is 323 g/mol. The van der Waals surface area contributed by atoms with Gasteiger partial charge in [0.15, 0.2) is 0 Å². The van der Waals surface area contributed by atoms with E-state index in [-0.39, 0.29) is 5.56 Å². The van der Waals surface area contributed by atoms with E-state index in [4.69, 9.17) is 0 Å². The Morgan fingerprint density at radius 1 is 0.958 bits per heavy atom. The van der Waals surface area contributed by atoms with Crippen molar-refractivity contribution in [2.75, 3.05) is 6.54 Å². The van der Waals surface area contributed by atoms with Gasteiger partial charge in [-0.3, -0.25) is 0 Å². The van der Waals surface area contributed by atoms with Crippen molar-refractivity contribution in [3.63, 3.8) is 0 Å². The molecule has 0 amide bonds. The van der Waals surface area contributed by atoms with Crippen LogP contribution < -0.4 is 0 Å². The highest BCUT2D eigenvalue weighted by molar-refractivity contribution is 5.97. The number of benzene rings is 2. The molecule has 0 bridgehead atoms. The number of halogens is 2. The molecule has 2 aromatic rings. The SMILES string of the molecule is C=C1C(C)=CC(c2ccccc2)=C(c2c(F)cccc2F)N1CC. The second-order valence-corrected chi connectivity index (χ2v) is 5.74. The molecule has 0 N–H and O–H groups in total. The molecule has 0 radical (unpaired) electrons. The van der Waals surface area contributed by atoms with Crippen LogP contribution in [0, 0.1) is 11.6 Å². The average Bonchev–Trinajstić information content (AvgIpc) is 2.58. The van der Waals surface area contributed by atoms with E-state index >= 15 is 0 Å². The zero-order chi connectivity index (χ0) is 17.3. The molecule has 0 atom stereocenters. The fourth-order valence-electron chi connectivity index (χ4n) is 3.04. The van der Waals surface area contributed by atoms with E-state index in [2.05, 4.69) is 6.58 Å². The third kappa shape index (κ3) is 2.67. The van der Waals surface area contributed by atoms with Crippen LogP contribution in [0.1, 0.15) is 25.0 Å². The van der Waals surface area contributed by atoms with Gasteiger partial charge in [-0.2, -0.15) is 0 Å². The van der Waals surface area contributed by atoms with Gasteiger partial charge in [0.25, 0.3) is 0 Å². The van der Waals surface area contributed by atoms with E-state index < -0.39 is 11.6 Å². The van der Waals surface area contributed by atoms with Crippen LogP contribution in [0.4, 0.5) is 8.78 Å². The summed E-state index contributed by atoms with van der Waals surface area (Å²) >= 11 is 0. The zero-order valence-electron chi connectivity index (χ0n) is 13.8. The number of rotatable bonds is 3. The number of nitrogens with zero attached hydrogens (tertiary/aromatic N) is 1. The molecule has 0 saturated heterocycles. The minimum absolute atomic E-state index is 0.0110. The zero-order valence-corrected chi connectivity index (χ0v) is 13.8. The smallest absolute Gasteiger partial charge is 0.135 e. The topological polar surface area (TPSA) is 3.24 Å². The van der Waals surface area contributed by atoms with Crippen LogP contribution in [-0.2, 0) is 0 Å². The highest BCUT2D eigenvalue weighted by atomic mass is 19.1. The van der Waals surface area contributed by atoms with Crippen LogP contribution in [-0.4, -0.2) is 11.4 Å². The second-order valence-electron chi connectivity index (χ2n) is 5.74. The van der Waals surface area contributed by atoms with Gasteiger partial charge in [0.2, 0.25) is 0 Å². The summed E-state index contributed by atoms with van der Waals surface area (Å²) in [4.78, 5) is 1.87. The molecular formula is C21H19F2N. The summed E-state index contributed by atoms with van der Waals surface area (Å²) in [5.41, 5.74) is 3.97. The number of likely N-dealkylation sites (N-methyl/N-ethyl adjacent to an activating group) is 1.